The van der Waals surface area contributed by atoms with Gasteiger partial charge in [-0.25, -0.2) is 9.59 Å². The Morgan fingerprint density at radius 3 is 2.31 bits per heavy atom. The van der Waals surface area contributed by atoms with Gasteiger partial charge in [0.25, 0.3) is 0 Å². The van der Waals surface area contributed by atoms with Gasteiger partial charge in [0.2, 0.25) is 0 Å². The SMILES string of the molecule is CCCOCCCN(CCOc1ccc(CC(OCC)C(=O)O)cc1)C(=O)Oc1ccccc1OC. The first-order valence-corrected chi connectivity index (χ1v) is 12.2. The third kappa shape index (κ3) is 10.1. The highest BCUT2D eigenvalue weighted by Crippen LogP contribution is 2.26. The smallest absolute Gasteiger partial charge is 0.415 e. The standard InChI is InChI=1S/C27H37NO8/c1-4-17-33-18-8-15-28(27(31)36-24-10-7-6-9-23(24)32-3)16-19-35-22-13-11-21(12-14-22)20-25(26(29)30)34-5-2/h6-7,9-14,25H,4-5,8,15-20H2,1-3H3,(H,29,30). The molecule has 1 N–H and O–H groups in total. The number of carboxylic acids is 1. The number of carbonyl (C=O) groups is 2. The molecule has 9 nitrogen and oxygen atoms in total. The van der Waals surface area contributed by atoms with Crippen LogP contribution in [0.5, 0.6) is 17.2 Å². The monoisotopic (exact) mass is 503 g/mol. The van der Waals surface area contributed by atoms with Gasteiger partial charge in [-0.3, -0.25) is 0 Å². The van der Waals surface area contributed by atoms with Crippen molar-refractivity contribution in [3.8, 4) is 17.2 Å². The number of rotatable bonds is 17. The van der Waals surface area contributed by atoms with E-state index >= 15 is 0 Å². The van der Waals surface area contributed by atoms with Crippen LogP contribution in [-0.4, -0.2) is 74.8 Å². The molecule has 2 aromatic carbocycles. The average Bonchev–Trinajstić information content (AvgIpc) is 2.88. The van der Waals surface area contributed by atoms with Gasteiger partial charge in [0.1, 0.15) is 12.4 Å². The van der Waals surface area contributed by atoms with Crippen LogP contribution in [-0.2, 0) is 20.7 Å². The molecule has 2 aromatic rings. The Morgan fingerprint density at radius 2 is 1.67 bits per heavy atom. The molecular weight excluding hydrogens is 466 g/mol. The van der Waals surface area contributed by atoms with Crippen LogP contribution in [0.4, 0.5) is 4.79 Å². The fourth-order valence-corrected chi connectivity index (χ4v) is 3.39. The molecule has 0 heterocycles. The zero-order valence-corrected chi connectivity index (χ0v) is 21.3. The first kappa shape index (κ1) is 28.9. The van der Waals surface area contributed by atoms with E-state index in [9.17, 15) is 14.7 Å². The van der Waals surface area contributed by atoms with E-state index in [1.165, 1.54) is 7.11 Å². The average molecular weight is 504 g/mol. The van der Waals surface area contributed by atoms with Gasteiger partial charge in [-0.15, -0.1) is 0 Å². The van der Waals surface area contributed by atoms with E-state index < -0.39 is 18.2 Å². The second kappa shape index (κ2) is 16.4. The van der Waals surface area contributed by atoms with Crippen LogP contribution in [0.15, 0.2) is 48.5 Å². The summed E-state index contributed by atoms with van der Waals surface area (Å²) >= 11 is 0. The maximum absolute atomic E-state index is 12.9. The van der Waals surface area contributed by atoms with Crippen molar-refractivity contribution in [2.45, 2.75) is 39.2 Å². The van der Waals surface area contributed by atoms with Gasteiger partial charge in [0, 0.05) is 32.8 Å². The van der Waals surface area contributed by atoms with Crippen molar-refractivity contribution in [1.82, 2.24) is 4.90 Å². The number of hydrogen-bond donors (Lipinski definition) is 1. The maximum atomic E-state index is 12.9. The van der Waals surface area contributed by atoms with Crippen molar-refractivity contribution in [1.29, 1.82) is 0 Å². The number of carbonyl (C=O) groups excluding carboxylic acids is 1. The van der Waals surface area contributed by atoms with Crippen LogP contribution in [0.1, 0.15) is 32.3 Å². The van der Waals surface area contributed by atoms with E-state index in [0.717, 1.165) is 12.0 Å². The molecule has 9 heteroatoms. The summed E-state index contributed by atoms with van der Waals surface area (Å²) in [4.78, 5) is 25.8. The first-order chi connectivity index (χ1) is 17.5. The molecule has 0 aliphatic carbocycles. The Labute approximate surface area is 212 Å². The van der Waals surface area contributed by atoms with Crippen molar-refractivity contribution in [2.75, 3.05) is 46.6 Å². The number of methoxy groups -OCH3 is 1. The lowest BCUT2D eigenvalue weighted by atomic mass is 10.1. The maximum Gasteiger partial charge on any atom is 0.415 e. The molecule has 2 rings (SSSR count). The normalized spacial score (nSPS) is 11.5. The number of nitrogens with zero attached hydrogens (tertiary/aromatic N) is 1. The highest BCUT2D eigenvalue weighted by atomic mass is 16.6. The van der Waals surface area contributed by atoms with Gasteiger partial charge in [0.15, 0.2) is 17.6 Å². The molecule has 0 radical (unpaired) electrons. The van der Waals surface area contributed by atoms with Gasteiger partial charge in [-0.05, 0) is 49.6 Å². The summed E-state index contributed by atoms with van der Waals surface area (Å²) in [6.45, 7) is 6.40. The molecule has 0 bridgehead atoms. The summed E-state index contributed by atoms with van der Waals surface area (Å²) in [6.07, 6.45) is 0.497. The molecule has 0 saturated heterocycles. The molecule has 0 aliphatic rings. The molecule has 36 heavy (non-hydrogen) atoms. The highest BCUT2D eigenvalue weighted by molar-refractivity contribution is 5.73. The van der Waals surface area contributed by atoms with Crippen LogP contribution in [0, 0.1) is 0 Å². The topological polar surface area (TPSA) is 104 Å². The van der Waals surface area contributed by atoms with E-state index in [0.29, 0.717) is 56.6 Å². The summed E-state index contributed by atoms with van der Waals surface area (Å²) < 4.78 is 27.5. The minimum Gasteiger partial charge on any atom is -0.493 e. The fraction of sp³-hybridized carbons (Fsp3) is 0.481. The minimum absolute atomic E-state index is 0.257. The lowest BCUT2D eigenvalue weighted by Crippen LogP contribution is -2.38. The van der Waals surface area contributed by atoms with Gasteiger partial charge in [-0.2, -0.15) is 0 Å². The summed E-state index contributed by atoms with van der Waals surface area (Å²) in [5.41, 5.74) is 0.831. The predicted octanol–water partition coefficient (Wildman–Crippen LogP) is 4.42. The van der Waals surface area contributed by atoms with E-state index in [2.05, 4.69) is 0 Å². The number of benzene rings is 2. The summed E-state index contributed by atoms with van der Waals surface area (Å²) in [7, 11) is 1.52. The largest absolute Gasteiger partial charge is 0.493 e. The Balaban J connectivity index is 1.93. The number of ether oxygens (including phenoxy) is 5. The molecule has 0 fully saturated rings. The molecule has 0 saturated carbocycles. The molecule has 0 spiro atoms. The predicted molar refractivity (Wildman–Crippen MR) is 135 cm³/mol. The fourth-order valence-electron chi connectivity index (χ4n) is 3.39. The quantitative estimate of drug-likeness (QED) is 0.316. The molecule has 0 aromatic heterocycles. The van der Waals surface area contributed by atoms with Crippen molar-refractivity contribution in [3.63, 3.8) is 0 Å². The van der Waals surface area contributed by atoms with Crippen LogP contribution in [0.3, 0.4) is 0 Å². The Morgan fingerprint density at radius 1 is 0.944 bits per heavy atom. The number of para-hydroxylation sites is 2. The Kier molecular flexibility index (Phi) is 13.2. The number of aliphatic carboxylic acids is 1. The third-order valence-corrected chi connectivity index (χ3v) is 5.21. The van der Waals surface area contributed by atoms with E-state index in [4.69, 9.17) is 23.7 Å². The number of amides is 1. The second-order valence-corrected chi connectivity index (χ2v) is 7.95. The summed E-state index contributed by atoms with van der Waals surface area (Å²) in [6, 6.07) is 14.1. The first-order valence-electron chi connectivity index (χ1n) is 12.2. The lowest BCUT2D eigenvalue weighted by molar-refractivity contribution is -0.149. The van der Waals surface area contributed by atoms with Crippen LogP contribution >= 0.6 is 0 Å². The van der Waals surface area contributed by atoms with E-state index in [1.54, 1.807) is 48.2 Å². The summed E-state index contributed by atoms with van der Waals surface area (Å²) in [5, 5.41) is 9.25. The van der Waals surface area contributed by atoms with Gasteiger partial charge < -0.3 is 33.7 Å². The molecule has 198 valence electrons. The molecule has 1 atom stereocenters. The van der Waals surface area contributed by atoms with Crippen LogP contribution in [0.25, 0.3) is 0 Å². The van der Waals surface area contributed by atoms with Crippen molar-refractivity contribution in [2.24, 2.45) is 0 Å². The zero-order chi connectivity index (χ0) is 26.2. The lowest BCUT2D eigenvalue weighted by Gasteiger charge is -2.22. The van der Waals surface area contributed by atoms with Gasteiger partial charge in [0.05, 0.1) is 13.7 Å². The molecule has 1 unspecified atom stereocenters. The van der Waals surface area contributed by atoms with E-state index in [-0.39, 0.29) is 13.0 Å². The number of hydrogen-bond acceptors (Lipinski definition) is 7. The van der Waals surface area contributed by atoms with Crippen molar-refractivity contribution < 1.29 is 38.4 Å². The Bertz CT molecular complexity index is 918. The molecule has 1 amide bonds. The Hall–Kier alpha value is -3.30. The van der Waals surface area contributed by atoms with Gasteiger partial charge in [-0.1, -0.05) is 31.2 Å². The van der Waals surface area contributed by atoms with E-state index in [1.807, 2.05) is 19.1 Å². The zero-order valence-electron chi connectivity index (χ0n) is 21.3. The minimum atomic E-state index is -0.989. The summed E-state index contributed by atoms with van der Waals surface area (Å²) in [5.74, 6) is 0.451. The number of carboxylic acid groups (broad SMARTS) is 1. The van der Waals surface area contributed by atoms with Crippen molar-refractivity contribution in [3.05, 3.63) is 54.1 Å². The third-order valence-electron chi connectivity index (χ3n) is 5.21. The second-order valence-electron chi connectivity index (χ2n) is 7.95. The molecule has 0 aliphatic heterocycles. The molecular formula is C27H37NO8. The van der Waals surface area contributed by atoms with Crippen LogP contribution < -0.4 is 14.2 Å². The van der Waals surface area contributed by atoms with Crippen molar-refractivity contribution >= 4 is 12.1 Å². The van der Waals surface area contributed by atoms with Gasteiger partial charge >= 0.3 is 12.1 Å². The van der Waals surface area contributed by atoms with Crippen LogP contribution in [0.2, 0.25) is 0 Å². The highest BCUT2D eigenvalue weighted by Gasteiger charge is 2.19.